The molecule has 0 unspecified atom stereocenters. The second kappa shape index (κ2) is 5.19. The Morgan fingerprint density at radius 2 is 2.24 bits per heavy atom. The zero-order valence-corrected chi connectivity index (χ0v) is 10.3. The minimum atomic E-state index is 0.0670. The number of hydrogen-bond acceptors (Lipinski definition) is 3. The molecular weight excluding hydrogens is 216 g/mol. The van der Waals surface area contributed by atoms with Crippen LogP contribution >= 0.6 is 0 Å². The van der Waals surface area contributed by atoms with Gasteiger partial charge in [0.15, 0.2) is 0 Å². The fraction of sp³-hybridized carbons (Fsp3) is 0.462. The third kappa shape index (κ3) is 2.42. The van der Waals surface area contributed by atoms with Crippen molar-refractivity contribution in [3.8, 4) is 5.75 Å². The molecular formula is C13H18N2O2. The number of nitrogens with one attached hydrogen (secondary N) is 1. The van der Waals surface area contributed by atoms with Gasteiger partial charge in [0.25, 0.3) is 0 Å². The van der Waals surface area contributed by atoms with Gasteiger partial charge < -0.3 is 15.0 Å². The summed E-state index contributed by atoms with van der Waals surface area (Å²) in [5.74, 6) is 0.954. The van der Waals surface area contributed by atoms with Gasteiger partial charge in [0, 0.05) is 32.1 Å². The average Bonchev–Trinajstić information content (AvgIpc) is 2.38. The number of carbonyl (C=O) groups excluding carboxylic acids is 1. The molecule has 1 amide bonds. The van der Waals surface area contributed by atoms with Crippen molar-refractivity contribution in [1.82, 2.24) is 10.2 Å². The van der Waals surface area contributed by atoms with Crippen molar-refractivity contribution in [2.45, 2.75) is 13.0 Å². The first kappa shape index (κ1) is 11.9. The molecule has 1 atom stereocenters. The van der Waals surface area contributed by atoms with Crippen LogP contribution in [0.1, 0.15) is 18.5 Å². The van der Waals surface area contributed by atoms with Crippen LogP contribution in [-0.4, -0.2) is 37.6 Å². The highest BCUT2D eigenvalue weighted by molar-refractivity contribution is 5.74. The highest BCUT2D eigenvalue weighted by atomic mass is 16.5. The Hall–Kier alpha value is -1.55. The molecule has 0 spiro atoms. The molecule has 1 aromatic carbocycles. The Bertz CT molecular complexity index is 406. The maximum absolute atomic E-state index is 11.6. The van der Waals surface area contributed by atoms with E-state index in [1.807, 2.05) is 29.2 Å². The van der Waals surface area contributed by atoms with Gasteiger partial charge in [0.2, 0.25) is 5.91 Å². The summed E-state index contributed by atoms with van der Waals surface area (Å²) in [5, 5.41) is 3.32. The third-order valence-electron chi connectivity index (χ3n) is 3.15. The highest BCUT2D eigenvalue weighted by Crippen LogP contribution is 2.29. The molecule has 1 saturated heterocycles. The fourth-order valence-electron chi connectivity index (χ4n) is 2.30. The van der Waals surface area contributed by atoms with Gasteiger partial charge in [0.05, 0.1) is 13.2 Å². The number of amides is 1. The molecule has 0 aliphatic carbocycles. The van der Waals surface area contributed by atoms with E-state index in [9.17, 15) is 4.79 Å². The number of ether oxygens (including phenoxy) is 1. The minimum Gasteiger partial charge on any atom is -0.496 e. The van der Waals surface area contributed by atoms with Gasteiger partial charge in [-0.3, -0.25) is 4.79 Å². The maximum Gasteiger partial charge on any atom is 0.220 e. The normalized spacial score (nSPS) is 20.1. The predicted octanol–water partition coefficient (Wildman–Crippen LogP) is 1.19. The summed E-state index contributed by atoms with van der Waals surface area (Å²) < 4.78 is 5.36. The molecule has 0 radical (unpaired) electrons. The SMILES string of the molecule is COc1ccccc1[C@@H]1CNCCN1C(C)=O. The zero-order valence-electron chi connectivity index (χ0n) is 10.3. The van der Waals surface area contributed by atoms with E-state index in [-0.39, 0.29) is 11.9 Å². The van der Waals surface area contributed by atoms with Crippen molar-refractivity contribution in [2.24, 2.45) is 0 Å². The largest absolute Gasteiger partial charge is 0.496 e. The average molecular weight is 234 g/mol. The number of rotatable bonds is 2. The lowest BCUT2D eigenvalue weighted by molar-refractivity contribution is -0.132. The topological polar surface area (TPSA) is 41.6 Å². The van der Waals surface area contributed by atoms with Gasteiger partial charge in [-0.1, -0.05) is 18.2 Å². The van der Waals surface area contributed by atoms with Crippen LogP contribution in [0.25, 0.3) is 0 Å². The molecule has 1 aliphatic rings. The van der Waals surface area contributed by atoms with Gasteiger partial charge in [-0.15, -0.1) is 0 Å². The molecule has 1 aromatic rings. The van der Waals surface area contributed by atoms with Crippen LogP contribution in [0.3, 0.4) is 0 Å². The first-order valence-electron chi connectivity index (χ1n) is 5.85. The van der Waals surface area contributed by atoms with Gasteiger partial charge >= 0.3 is 0 Å². The Balaban J connectivity index is 2.32. The number of piperazine rings is 1. The Morgan fingerprint density at radius 3 is 2.94 bits per heavy atom. The fourth-order valence-corrected chi connectivity index (χ4v) is 2.30. The predicted molar refractivity (Wildman–Crippen MR) is 66.0 cm³/mol. The molecule has 4 heteroatoms. The molecule has 4 nitrogen and oxygen atoms in total. The smallest absolute Gasteiger partial charge is 0.220 e. The number of para-hydroxylation sites is 1. The van der Waals surface area contributed by atoms with E-state index >= 15 is 0 Å². The molecule has 92 valence electrons. The number of benzene rings is 1. The molecule has 0 bridgehead atoms. The zero-order chi connectivity index (χ0) is 12.3. The lowest BCUT2D eigenvalue weighted by Crippen LogP contribution is -2.48. The van der Waals surface area contributed by atoms with Gasteiger partial charge in [0.1, 0.15) is 5.75 Å². The van der Waals surface area contributed by atoms with Gasteiger partial charge in [-0.05, 0) is 6.07 Å². The second-order valence-electron chi connectivity index (χ2n) is 4.17. The summed E-state index contributed by atoms with van der Waals surface area (Å²) in [6.07, 6.45) is 0. The van der Waals surface area contributed by atoms with Crippen LogP contribution < -0.4 is 10.1 Å². The summed E-state index contributed by atoms with van der Waals surface area (Å²) in [5.41, 5.74) is 1.07. The molecule has 1 heterocycles. The minimum absolute atomic E-state index is 0.0670. The summed E-state index contributed by atoms with van der Waals surface area (Å²) in [4.78, 5) is 13.5. The maximum atomic E-state index is 11.6. The summed E-state index contributed by atoms with van der Waals surface area (Å²) in [6, 6.07) is 7.94. The molecule has 1 aliphatic heterocycles. The standard InChI is InChI=1S/C13H18N2O2/c1-10(16)15-8-7-14-9-12(15)11-5-3-4-6-13(11)17-2/h3-6,12,14H,7-9H2,1-2H3/t12-/m0/s1. The van der Waals surface area contributed by atoms with Crippen molar-refractivity contribution in [1.29, 1.82) is 0 Å². The molecule has 2 rings (SSSR count). The molecule has 1 N–H and O–H groups in total. The monoisotopic (exact) mass is 234 g/mol. The lowest BCUT2D eigenvalue weighted by atomic mass is 10.0. The molecule has 0 aromatic heterocycles. The van der Waals surface area contributed by atoms with Crippen LogP contribution in [0, 0.1) is 0 Å². The Labute approximate surface area is 102 Å². The van der Waals surface area contributed by atoms with Crippen molar-refractivity contribution < 1.29 is 9.53 Å². The van der Waals surface area contributed by atoms with Crippen molar-refractivity contribution in [3.63, 3.8) is 0 Å². The summed E-state index contributed by atoms with van der Waals surface area (Å²) >= 11 is 0. The van der Waals surface area contributed by atoms with Crippen LogP contribution in [-0.2, 0) is 4.79 Å². The van der Waals surface area contributed by atoms with Crippen LogP contribution in [0.2, 0.25) is 0 Å². The molecule has 17 heavy (non-hydrogen) atoms. The van der Waals surface area contributed by atoms with Crippen molar-refractivity contribution in [3.05, 3.63) is 29.8 Å². The molecule has 0 saturated carbocycles. The molecule has 1 fully saturated rings. The first-order valence-corrected chi connectivity index (χ1v) is 5.85. The quantitative estimate of drug-likeness (QED) is 0.835. The van der Waals surface area contributed by atoms with E-state index in [4.69, 9.17) is 4.74 Å². The number of methoxy groups -OCH3 is 1. The van der Waals surface area contributed by atoms with E-state index in [1.165, 1.54) is 0 Å². The van der Waals surface area contributed by atoms with E-state index in [2.05, 4.69) is 5.32 Å². The summed E-state index contributed by atoms with van der Waals surface area (Å²) in [6.45, 7) is 4.00. The lowest BCUT2D eigenvalue weighted by Gasteiger charge is -2.36. The van der Waals surface area contributed by atoms with Crippen LogP contribution in [0.4, 0.5) is 0 Å². The summed E-state index contributed by atoms with van der Waals surface area (Å²) in [7, 11) is 1.66. The third-order valence-corrected chi connectivity index (χ3v) is 3.15. The van der Waals surface area contributed by atoms with Crippen molar-refractivity contribution in [2.75, 3.05) is 26.7 Å². The number of nitrogens with zero attached hydrogens (tertiary/aromatic N) is 1. The van der Waals surface area contributed by atoms with Gasteiger partial charge in [-0.2, -0.15) is 0 Å². The highest BCUT2D eigenvalue weighted by Gasteiger charge is 2.27. The van der Waals surface area contributed by atoms with E-state index in [1.54, 1.807) is 14.0 Å². The van der Waals surface area contributed by atoms with Crippen molar-refractivity contribution >= 4 is 5.91 Å². The van der Waals surface area contributed by atoms with E-state index in [0.717, 1.165) is 30.9 Å². The van der Waals surface area contributed by atoms with E-state index < -0.39 is 0 Å². The first-order chi connectivity index (χ1) is 8.24. The van der Waals surface area contributed by atoms with Crippen LogP contribution in [0.15, 0.2) is 24.3 Å². The Morgan fingerprint density at radius 1 is 1.47 bits per heavy atom. The number of carbonyl (C=O) groups is 1. The second-order valence-corrected chi connectivity index (χ2v) is 4.17. The van der Waals surface area contributed by atoms with Gasteiger partial charge in [-0.25, -0.2) is 0 Å². The Kier molecular flexibility index (Phi) is 3.64. The van der Waals surface area contributed by atoms with E-state index in [0.29, 0.717) is 0 Å². The number of hydrogen-bond donors (Lipinski definition) is 1. The van der Waals surface area contributed by atoms with Crippen LogP contribution in [0.5, 0.6) is 5.75 Å².